The molecule has 0 radical (unpaired) electrons. The fraction of sp³-hybridized carbons (Fsp3) is 1.00. The molecule has 1 heterocycles. The summed E-state index contributed by atoms with van der Waals surface area (Å²) in [5.41, 5.74) is 0.685. The first-order valence-electron chi connectivity index (χ1n) is 7.70. The monoisotopic (exact) mass is 234 g/mol. The molecule has 0 aromatic rings. The van der Waals surface area contributed by atoms with E-state index in [1.807, 2.05) is 0 Å². The summed E-state index contributed by atoms with van der Waals surface area (Å²) >= 11 is 0. The van der Waals surface area contributed by atoms with Gasteiger partial charge in [-0.3, -0.25) is 0 Å². The molecule has 5 fully saturated rings. The zero-order valence-corrected chi connectivity index (χ0v) is 11.0. The van der Waals surface area contributed by atoms with Crippen molar-refractivity contribution in [3.8, 4) is 0 Å². The summed E-state index contributed by atoms with van der Waals surface area (Å²) in [6.07, 6.45) is 9.30. The Labute approximate surface area is 105 Å². The summed E-state index contributed by atoms with van der Waals surface area (Å²) in [4.78, 5) is 0. The van der Waals surface area contributed by atoms with Crippen molar-refractivity contribution in [2.45, 2.75) is 57.5 Å². The topological polar surface area (TPSA) is 24.1 Å². The second-order valence-corrected chi connectivity index (χ2v) is 7.52. The van der Waals surface area contributed by atoms with Crippen LogP contribution in [-0.2, 0) is 0 Å². The molecule has 0 spiro atoms. The van der Waals surface area contributed by atoms with Crippen LogP contribution in [0.5, 0.6) is 0 Å². The highest BCUT2D eigenvalue weighted by Crippen LogP contribution is 2.61. The maximum absolute atomic E-state index is 3.91. The molecule has 4 aliphatic carbocycles. The van der Waals surface area contributed by atoms with Crippen LogP contribution in [0.4, 0.5) is 0 Å². The summed E-state index contributed by atoms with van der Waals surface area (Å²) in [5, 5.41) is 7.29. The van der Waals surface area contributed by atoms with Gasteiger partial charge in [-0.05, 0) is 68.6 Å². The molecule has 5 rings (SSSR count). The molecular weight excluding hydrogens is 208 g/mol. The van der Waals surface area contributed by atoms with E-state index in [0.717, 1.165) is 29.8 Å². The van der Waals surface area contributed by atoms with Crippen LogP contribution in [0.15, 0.2) is 0 Å². The molecule has 1 unspecified atom stereocenters. The molecule has 0 aromatic carbocycles. The SMILES string of the molecule is CC(NC1CNC1)C12CC3CC(CC(C3)C1)C2. The number of hydrogen-bond acceptors (Lipinski definition) is 2. The third kappa shape index (κ3) is 1.67. The highest BCUT2D eigenvalue weighted by Gasteiger charge is 2.53. The molecular formula is C15H26N2. The van der Waals surface area contributed by atoms with Crippen molar-refractivity contribution in [2.75, 3.05) is 13.1 Å². The predicted octanol–water partition coefficient (Wildman–Crippen LogP) is 2.15. The molecule has 96 valence electrons. The van der Waals surface area contributed by atoms with Gasteiger partial charge in [0.2, 0.25) is 0 Å². The Kier molecular flexibility index (Phi) is 2.36. The fourth-order valence-corrected chi connectivity index (χ4v) is 5.64. The Bertz CT molecular complexity index is 273. The standard InChI is InChI=1S/C15H26N2/c1-10(17-14-8-16-9-14)15-5-11-2-12(6-15)4-13(3-11)7-15/h10-14,16-17H,2-9H2,1H3. The first-order chi connectivity index (χ1) is 8.23. The van der Waals surface area contributed by atoms with Crippen LogP contribution in [0.3, 0.4) is 0 Å². The second kappa shape index (κ2) is 3.71. The number of hydrogen-bond donors (Lipinski definition) is 2. The molecule has 2 heteroatoms. The lowest BCUT2D eigenvalue weighted by molar-refractivity contribution is -0.0729. The van der Waals surface area contributed by atoms with Crippen molar-refractivity contribution in [1.82, 2.24) is 10.6 Å². The van der Waals surface area contributed by atoms with Gasteiger partial charge in [0.05, 0.1) is 0 Å². The summed E-state index contributed by atoms with van der Waals surface area (Å²) in [6.45, 7) is 4.86. The fourth-order valence-electron chi connectivity index (χ4n) is 5.64. The van der Waals surface area contributed by atoms with E-state index in [1.54, 1.807) is 19.3 Å². The molecule has 17 heavy (non-hydrogen) atoms. The first-order valence-corrected chi connectivity index (χ1v) is 7.70. The third-order valence-corrected chi connectivity index (χ3v) is 6.27. The van der Waals surface area contributed by atoms with E-state index < -0.39 is 0 Å². The van der Waals surface area contributed by atoms with Crippen molar-refractivity contribution >= 4 is 0 Å². The van der Waals surface area contributed by atoms with Crippen LogP contribution in [0.25, 0.3) is 0 Å². The number of rotatable bonds is 3. The largest absolute Gasteiger partial charge is 0.314 e. The van der Waals surface area contributed by atoms with Crippen LogP contribution < -0.4 is 10.6 Å². The van der Waals surface area contributed by atoms with Gasteiger partial charge in [-0.1, -0.05) is 0 Å². The lowest BCUT2D eigenvalue weighted by Gasteiger charge is -2.59. The van der Waals surface area contributed by atoms with Crippen LogP contribution in [-0.4, -0.2) is 25.2 Å². The zero-order chi connectivity index (χ0) is 11.5. The normalized spacial score (nSPS) is 50.3. The minimum Gasteiger partial charge on any atom is -0.314 e. The van der Waals surface area contributed by atoms with Crippen molar-refractivity contribution < 1.29 is 0 Å². The van der Waals surface area contributed by atoms with Gasteiger partial charge >= 0.3 is 0 Å². The summed E-state index contributed by atoms with van der Waals surface area (Å²) in [6, 6.07) is 1.51. The average molecular weight is 234 g/mol. The zero-order valence-electron chi connectivity index (χ0n) is 11.0. The average Bonchev–Trinajstić information content (AvgIpc) is 2.21. The lowest BCUT2D eigenvalue weighted by Crippen LogP contribution is -2.63. The quantitative estimate of drug-likeness (QED) is 0.782. The van der Waals surface area contributed by atoms with Gasteiger partial charge in [-0.15, -0.1) is 0 Å². The summed E-state index contributed by atoms with van der Waals surface area (Å²) in [7, 11) is 0. The number of nitrogens with one attached hydrogen (secondary N) is 2. The van der Waals surface area contributed by atoms with Gasteiger partial charge in [-0.2, -0.15) is 0 Å². The molecule has 4 bridgehead atoms. The van der Waals surface area contributed by atoms with Gasteiger partial charge < -0.3 is 10.6 Å². The van der Waals surface area contributed by atoms with Crippen molar-refractivity contribution in [2.24, 2.45) is 23.2 Å². The summed E-state index contributed by atoms with van der Waals surface area (Å²) < 4.78 is 0. The highest BCUT2D eigenvalue weighted by molar-refractivity contribution is 5.06. The van der Waals surface area contributed by atoms with Crippen LogP contribution in [0.1, 0.15) is 45.4 Å². The highest BCUT2D eigenvalue weighted by atomic mass is 15.1. The maximum atomic E-state index is 3.91. The minimum absolute atomic E-state index is 0.685. The minimum atomic E-state index is 0.685. The van der Waals surface area contributed by atoms with E-state index in [9.17, 15) is 0 Å². The van der Waals surface area contributed by atoms with E-state index in [2.05, 4.69) is 17.6 Å². The van der Waals surface area contributed by atoms with Crippen LogP contribution >= 0.6 is 0 Å². The van der Waals surface area contributed by atoms with Crippen molar-refractivity contribution in [3.05, 3.63) is 0 Å². The van der Waals surface area contributed by atoms with Gasteiger partial charge in [0.25, 0.3) is 0 Å². The smallest absolute Gasteiger partial charge is 0.0320 e. The van der Waals surface area contributed by atoms with Gasteiger partial charge in [0, 0.05) is 25.2 Å². The molecule has 0 aromatic heterocycles. The van der Waals surface area contributed by atoms with E-state index in [4.69, 9.17) is 0 Å². The van der Waals surface area contributed by atoms with Crippen LogP contribution in [0, 0.1) is 23.2 Å². The van der Waals surface area contributed by atoms with Crippen LogP contribution in [0.2, 0.25) is 0 Å². The Hall–Kier alpha value is -0.0800. The van der Waals surface area contributed by atoms with E-state index >= 15 is 0 Å². The first kappa shape index (κ1) is 10.8. The van der Waals surface area contributed by atoms with Gasteiger partial charge in [-0.25, -0.2) is 0 Å². The molecule has 0 amide bonds. The second-order valence-electron chi connectivity index (χ2n) is 7.52. The lowest BCUT2D eigenvalue weighted by atomic mass is 9.48. The Morgan fingerprint density at radius 3 is 1.94 bits per heavy atom. The molecule has 2 nitrogen and oxygen atoms in total. The van der Waals surface area contributed by atoms with Crippen molar-refractivity contribution in [3.63, 3.8) is 0 Å². The van der Waals surface area contributed by atoms with E-state index in [-0.39, 0.29) is 0 Å². The van der Waals surface area contributed by atoms with Crippen molar-refractivity contribution in [1.29, 1.82) is 0 Å². The van der Waals surface area contributed by atoms with E-state index in [1.165, 1.54) is 32.4 Å². The van der Waals surface area contributed by atoms with E-state index in [0.29, 0.717) is 5.41 Å². The predicted molar refractivity (Wildman–Crippen MR) is 69.9 cm³/mol. The molecule has 2 N–H and O–H groups in total. The molecule has 5 aliphatic rings. The molecule has 1 atom stereocenters. The third-order valence-electron chi connectivity index (χ3n) is 6.27. The molecule has 1 saturated heterocycles. The maximum Gasteiger partial charge on any atom is 0.0320 e. The van der Waals surface area contributed by atoms with Gasteiger partial charge in [0.1, 0.15) is 0 Å². The summed E-state index contributed by atoms with van der Waals surface area (Å²) in [5.74, 6) is 3.26. The molecule has 1 aliphatic heterocycles. The Morgan fingerprint density at radius 2 is 1.53 bits per heavy atom. The Balaban J connectivity index is 1.51. The Morgan fingerprint density at radius 1 is 1.00 bits per heavy atom. The van der Waals surface area contributed by atoms with Gasteiger partial charge in [0.15, 0.2) is 0 Å². The molecule has 4 saturated carbocycles.